The normalized spacial score (nSPS) is 22.0. The second-order valence-corrected chi connectivity index (χ2v) is 5.73. The van der Waals surface area contributed by atoms with Crippen LogP contribution in [0.3, 0.4) is 0 Å². The van der Waals surface area contributed by atoms with Crippen LogP contribution in [0.4, 0.5) is 8.78 Å². The Morgan fingerprint density at radius 3 is 2.52 bits per heavy atom. The molecule has 0 saturated heterocycles. The van der Waals surface area contributed by atoms with Crippen LogP contribution in [0.25, 0.3) is 0 Å². The molecule has 1 aromatic rings. The number of carbonyl (C=O) groups excluding carboxylic acids is 1. The summed E-state index contributed by atoms with van der Waals surface area (Å²) >= 11 is 0. The Morgan fingerprint density at radius 2 is 1.90 bits per heavy atom. The molecule has 2 nitrogen and oxygen atoms in total. The lowest BCUT2D eigenvalue weighted by atomic mass is 9.79. The SMILES string of the molecule is CCCCOc1ccc([C@H]2CC[C@H](C=O)CC2)c(F)c1F. The maximum absolute atomic E-state index is 14.2. The van der Waals surface area contributed by atoms with Gasteiger partial charge in [0.15, 0.2) is 11.6 Å². The van der Waals surface area contributed by atoms with Crippen LogP contribution in [0.15, 0.2) is 12.1 Å². The van der Waals surface area contributed by atoms with Gasteiger partial charge in [-0.3, -0.25) is 0 Å². The Hall–Kier alpha value is -1.45. The minimum absolute atomic E-state index is 0.000363. The van der Waals surface area contributed by atoms with Crippen molar-refractivity contribution in [2.45, 2.75) is 51.4 Å². The molecule has 0 aliphatic heterocycles. The van der Waals surface area contributed by atoms with Gasteiger partial charge in [0.2, 0.25) is 5.82 Å². The van der Waals surface area contributed by atoms with Gasteiger partial charge >= 0.3 is 0 Å². The maximum atomic E-state index is 14.2. The van der Waals surface area contributed by atoms with E-state index in [0.717, 1.165) is 44.8 Å². The van der Waals surface area contributed by atoms with E-state index in [-0.39, 0.29) is 17.6 Å². The largest absolute Gasteiger partial charge is 0.490 e. The number of halogens is 2. The van der Waals surface area contributed by atoms with Crippen LogP contribution < -0.4 is 4.74 Å². The van der Waals surface area contributed by atoms with E-state index in [9.17, 15) is 13.6 Å². The highest BCUT2D eigenvalue weighted by Crippen LogP contribution is 2.38. The van der Waals surface area contributed by atoms with Crippen molar-refractivity contribution in [2.75, 3.05) is 6.61 Å². The second kappa shape index (κ2) is 7.53. The monoisotopic (exact) mass is 296 g/mol. The highest BCUT2D eigenvalue weighted by molar-refractivity contribution is 5.53. The lowest BCUT2D eigenvalue weighted by Crippen LogP contribution is -2.15. The average Bonchev–Trinajstić information content (AvgIpc) is 2.52. The first-order chi connectivity index (χ1) is 10.2. The minimum Gasteiger partial charge on any atom is -0.490 e. The van der Waals surface area contributed by atoms with Crippen LogP contribution in [-0.4, -0.2) is 12.9 Å². The Balaban J connectivity index is 2.08. The van der Waals surface area contributed by atoms with Crippen molar-refractivity contribution >= 4 is 6.29 Å². The third-order valence-electron chi connectivity index (χ3n) is 4.24. The zero-order valence-corrected chi connectivity index (χ0v) is 12.4. The molecule has 1 aromatic carbocycles. The van der Waals surface area contributed by atoms with Gasteiger partial charge in [0, 0.05) is 5.92 Å². The van der Waals surface area contributed by atoms with E-state index in [4.69, 9.17) is 4.74 Å². The fraction of sp³-hybridized carbons (Fsp3) is 0.588. The number of carbonyl (C=O) groups is 1. The summed E-state index contributed by atoms with van der Waals surface area (Å²) in [5, 5.41) is 0. The highest BCUT2D eigenvalue weighted by atomic mass is 19.2. The van der Waals surface area contributed by atoms with Crippen molar-refractivity contribution in [3.63, 3.8) is 0 Å². The van der Waals surface area contributed by atoms with Gasteiger partial charge < -0.3 is 9.53 Å². The number of unbranched alkanes of at least 4 members (excludes halogenated alkanes) is 1. The Bertz CT molecular complexity index is 480. The fourth-order valence-corrected chi connectivity index (χ4v) is 2.87. The first-order valence-electron chi connectivity index (χ1n) is 7.73. The molecule has 1 saturated carbocycles. The van der Waals surface area contributed by atoms with Crippen molar-refractivity contribution in [1.82, 2.24) is 0 Å². The third-order valence-corrected chi connectivity index (χ3v) is 4.24. The molecule has 0 aromatic heterocycles. The van der Waals surface area contributed by atoms with E-state index in [1.807, 2.05) is 6.92 Å². The van der Waals surface area contributed by atoms with Crippen LogP contribution in [0.1, 0.15) is 56.9 Å². The van der Waals surface area contributed by atoms with E-state index < -0.39 is 11.6 Å². The van der Waals surface area contributed by atoms with Crippen LogP contribution in [0.2, 0.25) is 0 Å². The summed E-state index contributed by atoms with van der Waals surface area (Å²) in [6.45, 7) is 2.41. The van der Waals surface area contributed by atoms with Gasteiger partial charge in [-0.05, 0) is 49.7 Å². The number of ether oxygens (including phenoxy) is 1. The van der Waals surface area contributed by atoms with Crippen molar-refractivity contribution < 1.29 is 18.3 Å². The van der Waals surface area contributed by atoms with Crippen LogP contribution in [0, 0.1) is 17.6 Å². The molecular formula is C17H22F2O2. The summed E-state index contributed by atoms with van der Waals surface area (Å²) in [5.41, 5.74) is 0.416. The molecule has 0 atom stereocenters. The lowest BCUT2D eigenvalue weighted by Gasteiger charge is -2.26. The number of benzene rings is 1. The molecule has 2 rings (SSSR count). The molecule has 0 amide bonds. The molecule has 0 bridgehead atoms. The fourth-order valence-electron chi connectivity index (χ4n) is 2.87. The molecule has 21 heavy (non-hydrogen) atoms. The topological polar surface area (TPSA) is 26.3 Å². The summed E-state index contributed by atoms with van der Waals surface area (Å²) < 4.78 is 33.5. The van der Waals surface area contributed by atoms with E-state index >= 15 is 0 Å². The summed E-state index contributed by atoms with van der Waals surface area (Å²) in [4.78, 5) is 10.7. The van der Waals surface area contributed by atoms with E-state index in [1.165, 1.54) is 6.07 Å². The second-order valence-electron chi connectivity index (χ2n) is 5.73. The molecule has 0 N–H and O–H groups in total. The van der Waals surface area contributed by atoms with Gasteiger partial charge in [0.05, 0.1) is 6.61 Å². The van der Waals surface area contributed by atoms with E-state index in [2.05, 4.69) is 0 Å². The molecule has 1 aliphatic rings. The predicted octanol–water partition coefficient (Wildman–Crippen LogP) is 4.62. The molecule has 0 unspecified atom stereocenters. The third kappa shape index (κ3) is 3.80. The molecule has 0 radical (unpaired) electrons. The van der Waals surface area contributed by atoms with Crippen LogP contribution >= 0.6 is 0 Å². The summed E-state index contributed by atoms with van der Waals surface area (Å²) in [5.74, 6) is -1.61. The van der Waals surface area contributed by atoms with Gasteiger partial charge in [0.25, 0.3) is 0 Å². The first-order valence-corrected chi connectivity index (χ1v) is 7.73. The van der Waals surface area contributed by atoms with Gasteiger partial charge in [-0.2, -0.15) is 4.39 Å². The van der Waals surface area contributed by atoms with Crippen molar-refractivity contribution in [2.24, 2.45) is 5.92 Å². The van der Waals surface area contributed by atoms with Gasteiger partial charge in [-0.15, -0.1) is 0 Å². The number of hydrogen-bond donors (Lipinski definition) is 0. The van der Waals surface area contributed by atoms with E-state index in [1.54, 1.807) is 6.07 Å². The molecule has 0 heterocycles. The summed E-state index contributed by atoms with van der Waals surface area (Å²) in [6, 6.07) is 3.15. The minimum atomic E-state index is -0.888. The summed E-state index contributed by atoms with van der Waals surface area (Å²) in [7, 11) is 0. The molecule has 4 heteroatoms. The summed E-state index contributed by atoms with van der Waals surface area (Å²) in [6.07, 6.45) is 5.71. The molecule has 0 spiro atoms. The Kier molecular flexibility index (Phi) is 5.71. The molecule has 1 fully saturated rings. The lowest BCUT2D eigenvalue weighted by molar-refractivity contribution is -0.111. The standard InChI is InChI=1S/C17H22F2O2/c1-2-3-10-21-15-9-8-14(16(18)17(15)19)13-6-4-12(11-20)5-7-13/h8-9,11-13H,2-7,10H2,1H3/t12-,13-. The van der Waals surface area contributed by atoms with Crippen molar-refractivity contribution in [3.8, 4) is 5.75 Å². The van der Waals surface area contributed by atoms with Gasteiger partial charge in [0.1, 0.15) is 6.29 Å². The molecular weight excluding hydrogens is 274 g/mol. The first kappa shape index (κ1) is 15.9. The zero-order valence-electron chi connectivity index (χ0n) is 12.4. The average molecular weight is 296 g/mol. The Morgan fingerprint density at radius 1 is 1.19 bits per heavy atom. The van der Waals surface area contributed by atoms with E-state index in [0.29, 0.717) is 12.2 Å². The van der Waals surface area contributed by atoms with Crippen LogP contribution in [0.5, 0.6) is 5.75 Å². The van der Waals surface area contributed by atoms with Gasteiger partial charge in [-0.1, -0.05) is 19.4 Å². The van der Waals surface area contributed by atoms with Crippen molar-refractivity contribution in [3.05, 3.63) is 29.3 Å². The smallest absolute Gasteiger partial charge is 0.200 e. The maximum Gasteiger partial charge on any atom is 0.200 e. The highest BCUT2D eigenvalue weighted by Gasteiger charge is 2.26. The van der Waals surface area contributed by atoms with Crippen molar-refractivity contribution in [1.29, 1.82) is 0 Å². The number of rotatable bonds is 6. The number of hydrogen-bond acceptors (Lipinski definition) is 2. The molecule has 116 valence electrons. The van der Waals surface area contributed by atoms with Gasteiger partial charge in [-0.25, -0.2) is 4.39 Å². The molecule has 1 aliphatic carbocycles. The van der Waals surface area contributed by atoms with Crippen LogP contribution in [-0.2, 0) is 4.79 Å². The quantitative estimate of drug-likeness (QED) is 0.565. The number of aldehydes is 1. The zero-order chi connectivity index (χ0) is 15.2. The predicted molar refractivity (Wildman–Crippen MR) is 77.5 cm³/mol. The Labute approximate surface area is 124 Å².